The van der Waals surface area contributed by atoms with Crippen molar-refractivity contribution in [2.75, 3.05) is 19.6 Å². The Hall–Kier alpha value is -0.610. The third kappa shape index (κ3) is 2.01. The molecule has 2 fully saturated rings. The molecule has 2 aliphatic rings. The fourth-order valence-corrected chi connectivity index (χ4v) is 2.30. The van der Waals surface area contributed by atoms with Gasteiger partial charge in [-0.05, 0) is 26.7 Å². The Morgan fingerprint density at radius 2 is 1.93 bits per heavy atom. The predicted molar refractivity (Wildman–Crippen MR) is 57.3 cm³/mol. The van der Waals surface area contributed by atoms with Crippen LogP contribution in [0.2, 0.25) is 0 Å². The smallest absolute Gasteiger partial charge is 0.229 e. The number of carbonyl (C=O) groups is 1. The number of amides is 1. The summed E-state index contributed by atoms with van der Waals surface area (Å²) in [7, 11) is 0. The van der Waals surface area contributed by atoms with Gasteiger partial charge in [0.2, 0.25) is 5.91 Å². The van der Waals surface area contributed by atoms with Crippen molar-refractivity contribution < 1.29 is 9.53 Å². The Kier molecular flexibility index (Phi) is 2.73. The van der Waals surface area contributed by atoms with Crippen LogP contribution >= 0.6 is 0 Å². The molecule has 0 aromatic carbocycles. The first-order chi connectivity index (χ1) is 7.03. The Morgan fingerprint density at radius 1 is 1.40 bits per heavy atom. The van der Waals surface area contributed by atoms with E-state index < -0.39 is 5.41 Å². The first kappa shape index (κ1) is 10.9. The lowest BCUT2D eigenvalue weighted by Gasteiger charge is -2.36. The Morgan fingerprint density at radius 3 is 2.40 bits per heavy atom. The average Bonchev–Trinajstić information content (AvgIpc) is 2.56. The zero-order valence-corrected chi connectivity index (χ0v) is 9.53. The summed E-state index contributed by atoms with van der Waals surface area (Å²) in [5.41, 5.74) is 5.19. The molecule has 2 aliphatic heterocycles. The number of hydrogen-bond acceptors (Lipinski definition) is 3. The molecule has 1 amide bonds. The third-order valence-electron chi connectivity index (χ3n) is 3.42. The van der Waals surface area contributed by atoms with E-state index in [1.165, 1.54) is 0 Å². The van der Waals surface area contributed by atoms with Crippen LogP contribution in [0.4, 0.5) is 0 Å². The highest BCUT2D eigenvalue weighted by Gasteiger charge is 2.39. The summed E-state index contributed by atoms with van der Waals surface area (Å²) < 4.78 is 5.70. The van der Waals surface area contributed by atoms with Gasteiger partial charge in [0.05, 0.1) is 17.6 Å². The van der Waals surface area contributed by atoms with Gasteiger partial charge in [-0.2, -0.15) is 0 Å². The summed E-state index contributed by atoms with van der Waals surface area (Å²) >= 11 is 0. The summed E-state index contributed by atoms with van der Waals surface area (Å²) in [6.45, 7) is 5.72. The van der Waals surface area contributed by atoms with Crippen LogP contribution in [0.25, 0.3) is 0 Å². The van der Waals surface area contributed by atoms with Gasteiger partial charge in [-0.1, -0.05) is 0 Å². The minimum atomic E-state index is -0.434. The first-order valence-corrected chi connectivity index (χ1v) is 5.68. The van der Waals surface area contributed by atoms with E-state index in [0.29, 0.717) is 6.54 Å². The van der Waals surface area contributed by atoms with Gasteiger partial charge in [0.1, 0.15) is 0 Å². The number of morpholine rings is 1. The number of rotatable bonds is 2. The van der Waals surface area contributed by atoms with Crippen LogP contribution in [0.1, 0.15) is 26.7 Å². The van der Waals surface area contributed by atoms with E-state index in [4.69, 9.17) is 10.5 Å². The second kappa shape index (κ2) is 3.76. The molecule has 0 aromatic heterocycles. The zero-order valence-electron chi connectivity index (χ0n) is 9.53. The Bertz CT molecular complexity index is 253. The quantitative estimate of drug-likeness (QED) is 0.719. The molecular formula is C11H20N2O2. The van der Waals surface area contributed by atoms with Crippen molar-refractivity contribution in [2.24, 2.45) is 11.1 Å². The Balaban J connectivity index is 2.03. The van der Waals surface area contributed by atoms with Crippen molar-refractivity contribution >= 4 is 5.91 Å². The molecule has 15 heavy (non-hydrogen) atoms. The molecule has 2 heterocycles. The molecule has 0 aromatic rings. The molecule has 2 bridgehead atoms. The summed E-state index contributed by atoms with van der Waals surface area (Å²) in [4.78, 5) is 14.1. The van der Waals surface area contributed by atoms with Crippen LogP contribution in [0.3, 0.4) is 0 Å². The average molecular weight is 212 g/mol. The summed E-state index contributed by atoms with van der Waals surface area (Å²) in [5, 5.41) is 0. The molecule has 0 saturated carbocycles. The van der Waals surface area contributed by atoms with E-state index in [1.54, 1.807) is 0 Å². The van der Waals surface area contributed by atoms with E-state index >= 15 is 0 Å². The maximum Gasteiger partial charge on any atom is 0.229 e. The van der Waals surface area contributed by atoms with Gasteiger partial charge in [0, 0.05) is 19.6 Å². The van der Waals surface area contributed by atoms with Crippen molar-refractivity contribution in [2.45, 2.75) is 38.9 Å². The van der Waals surface area contributed by atoms with Crippen molar-refractivity contribution in [1.82, 2.24) is 4.90 Å². The maximum absolute atomic E-state index is 12.2. The van der Waals surface area contributed by atoms with Gasteiger partial charge in [0.15, 0.2) is 0 Å². The van der Waals surface area contributed by atoms with Crippen LogP contribution in [0.5, 0.6) is 0 Å². The SMILES string of the molecule is CC(C)(CN)C(=O)N1CC2CCC(C1)O2. The van der Waals surface area contributed by atoms with Crippen molar-refractivity contribution in [3.05, 3.63) is 0 Å². The van der Waals surface area contributed by atoms with Gasteiger partial charge in [-0.3, -0.25) is 4.79 Å². The lowest BCUT2D eigenvalue weighted by molar-refractivity contribution is -0.148. The summed E-state index contributed by atoms with van der Waals surface area (Å²) in [5.74, 6) is 0.171. The van der Waals surface area contributed by atoms with E-state index in [0.717, 1.165) is 25.9 Å². The monoisotopic (exact) mass is 212 g/mol. The number of hydrogen-bond donors (Lipinski definition) is 1. The topological polar surface area (TPSA) is 55.6 Å². The van der Waals surface area contributed by atoms with Gasteiger partial charge < -0.3 is 15.4 Å². The molecule has 0 spiro atoms. The lowest BCUT2D eigenvalue weighted by atomic mass is 9.91. The molecule has 2 unspecified atom stereocenters. The molecule has 4 heteroatoms. The van der Waals surface area contributed by atoms with Crippen LogP contribution in [-0.4, -0.2) is 42.6 Å². The largest absolute Gasteiger partial charge is 0.371 e. The van der Waals surface area contributed by atoms with Crippen LogP contribution in [-0.2, 0) is 9.53 Å². The lowest BCUT2D eigenvalue weighted by Crippen LogP contribution is -2.52. The third-order valence-corrected chi connectivity index (χ3v) is 3.42. The molecule has 2 rings (SSSR count). The number of fused-ring (bicyclic) bond motifs is 2. The molecular weight excluding hydrogens is 192 g/mol. The first-order valence-electron chi connectivity index (χ1n) is 5.68. The van der Waals surface area contributed by atoms with E-state index in [1.807, 2.05) is 18.7 Å². The molecule has 4 nitrogen and oxygen atoms in total. The maximum atomic E-state index is 12.2. The van der Waals surface area contributed by atoms with Crippen LogP contribution in [0, 0.1) is 5.41 Å². The summed E-state index contributed by atoms with van der Waals surface area (Å²) in [6.07, 6.45) is 2.72. The Labute approximate surface area is 90.8 Å². The molecule has 86 valence electrons. The van der Waals surface area contributed by atoms with Crippen LogP contribution < -0.4 is 5.73 Å². The highest BCUT2D eigenvalue weighted by molar-refractivity contribution is 5.82. The molecule has 2 saturated heterocycles. The van der Waals surface area contributed by atoms with E-state index in [2.05, 4.69) is 0 Å². The fraction of sp³-hybridized carbons (Fsp3) is 0.909. The van der Waals surface area contributed by atoms with Gasteiger partial charge in [-0.15, -0.1) is 0 Å². The number of likely N-dealkylation sites (tertiary alicyclic amines) is 1. The minimum Gasteiger partial charge on any atom is -0.371 e. The number of nitrogens with two attached hydrogens (primary N) is 1. The molecule has 2 N–H and O–H groups in total. The number of nitrogens with zero attached hydrogens (tertiary/aromatic N) is 1. The van der Waals surface area contributed by atoms with Crippen molar-refractivity contribution in [3.8, 4) is 0 Å². The van der Waals surface area contributed by atoms with Crippen molar-refractivity contribution in [3.63, 3.8) is 0 Å². The molecule has 0 aliphatic carbocycles. The van der Waals surface area contributed by atoms with Gasteiger partial charge >= 0.3 is 0 Å². The van der Waals surface area contributed by atoms with Crippen molar-refractivity contribution in [1.29, 1.82) is 0 Å². The standard InChI is InChI=1S/C11H20N2O2/c1-11(2,7-12)10(14)13-5-8-3-4-9(6-13)15-8/h8-9H,3-7,12H2,1-2H3. The molecule has 0 radical (unpaired) electrons. The second-order valence-corrected chi connectivity index (χ2v) is 5.26. The van der Waals surface area contributed by atoms with Crippen LogP contribution in [0.15, 0.2) is 0 Å². The number of carbonyl (C=O) groups excluding carboxylic acids is 1. The fourth-order valence-electron chi connectivity index (χ4n) is 2.30. The summed E-state index contributed by atoms with van der Waals surface area (Å²) in [6, 6.07) is 0. The zero-order chi connectivity index (χ0) is 11.1. The van der Waals surface area contributed by atoms with E-state index in [9.17, 15) is 4.79 Å². The normalized spacial score (nSPS) is 30.7. The predicted octanol–water partition coefficient (Wildman–Crippen LogP) is 0.361. The van der Waals surface area contributed by atoms with Gasteiger partial charge in [-0.25, -0.2) is 0 Å². The second-order valence-electron chi connectivity index (χ2n) is 5.26. The minimum absolute atomic E-state index is 0.171. The van der Waals surface area contributed by atoms with Gasteiger partial charge in [0.25, 0.3) is 0 Å². The van der Waals surface area contributed by atoms with E-state index in [-0.39, 0.29) is 18.1 Å². The highest BCUT2D eigenvalue weighted by atomic mass is 16.5. The number of ether oxygens (including phenoxy) is 1. The molecule has 2 atom stereocenters. The highest BCUT2D eigenvalue weighted by Crippen LogP contribution is 2.28.